The fourth-order valence-corrected chi connectivity index (χ4v) is 2.25. The monoisotopic (exact) mass is 269 g/mol. The van der Waals surface area contributed by atoms with Gasteiger partial charge >= 0.3 is 0 Å². The van der Waals surface area contributed by atoms with Crippen molar-refractivity contribution < 1.29 is 4.79 Å². The molecule has 0 N–H and O–H groups in total. The summed E-state index contributed by atoms with van der Waals surface area (Å²) in [5, 5.41) is 0. The van der Waals surface area contributed by atoms with Crippen molar-refractivity contribution in [1.29, 1.82) is 0 Å². The van der Waals surface area contributed by atoms with Gasteiger partial charge in [0.2, 0.25) is 0 Å². The first-order valence-corrected chi connectivity index (χ1v) is 7.02. The molecule has 0 aliphatic carbocycles. The normalized spacial score (nSPS) is 16.5. The standard InChI is InChI=1S/C16H17NO.C2H6/c1-3-8-13(4-2)16(17-11-15(18)12-17)14-9-6-5-7-10-14;1-2/h3-10,16H,1-2,11-12H2;1-2H3/b13-8+;. The van der Waals surface area contributed by atoms with Crippen LogP contribution in [0, 0.1) is 0 Å². The average molecular weight is 269 g/mol. The first-order valence-electron chi connectivity index (χ1n) is 7.02. The lowest BCUT2D eigenvalue weighted by Gasteiger charge is -2.38. The Balaban J connectivity index is 0.000000956. The Morgan fingerprint density at radius 3 is 2.25 bits per heavy atom. The molecule has 1 aliphatic heterocycles. The number of carbonyl (C=O) groups excluding carboxylic acids is 1. The van der Waals surface area contributed by atoms with Crippen molar-refractivity contribution in [3.05, 3.63) is 72.9 Å². The number of carbonyl (C=O) groups is 1. The summed E-state index contributed by atoms with van der Waals surface area (Å²) in [7, 11) is 0. The van der Waals surface area contributed by atoms with Gasteiger partial charge in [-0.15, -0.1) is 0 Å². The molecule has 1 aromatic rings. The first-order chi connectivity index (χ1) is 9.76. The average Bonchev–Trinajstić information content (AvgIpc) is 2.48. The molecule has 1 aromatic carbocycles. The second-order valence-electron chi connectivity index (χ2n) is 4.36. The molecule has 106 valence electrons. The van der Waals surface area contributed by atoms with Gasteiger partial charge in [0.1, 0.15) is 0 Å². The third-order valence-electron chi connectivity index (χ3n) is 3.10. The second-order valence-corrected chi connectivity index (χ2v) is 4.36. The lowest BCUT2D eigenvalue weighted by molar-refractivity contribution is -0.130. The Morgan fingerprint density at radius 1 is 1.20 bits per heavy atom. The van der Waals surface area contributed by atoms with E-state index in [2.05, 4.69) is 30.2 Å². The van der Waals surface area contributed by atoms with Crippen molar-refractivity contribution in [2.75, 3.05) is 13.1 Å². The number of likely N-dealkylation sites (tertiary alicyclic amines) is 1. The van der Waals surface area contributed by atoms with Crippen LogP contribution < -0.4 is 0 Å². The van der Waals surface area contributed by atoms with Crippen LogP contribution in [0.1, 0.15) is 25.5 Å². The summed E-state index contributed by atoms with van der Waals surface area (Å²) in [5.41, 5.74) is 2.25. The Hall–Kier alpha value is -1.93. The molecular weight excluding hydrogens is 246 g/mol. The van der Waals surface area contributed by atoms with Gasteiger partial charge in [0, 0.05) is 0 Å². The Bertz CT molecular complexity index is 479. The van der Waals surface area contributed by atoms with Gasteiger partial charge in [0.25, 0.3) is 0 Å². The number of nitrogens with zero attached hydrogens (tertiary/aromatic N) is 1. The van der Waals surface area contributed by atoms with Crippen molar-refractivity contribution in [3.63, 3.8) is 0 Å². The molecule has 0 aromatic heterocycles. The van der Waals surface area contributed by atoms with Gasteiger partial charge in [0.15, 0.2) is 5.78 Å². The largest absolute Gasteiger partial charge is 0.297 e. The van der Waals surface area contributed by atoms with Crippen molar-refractivity contribution in [2.24, 2.45) is 0 Å². The van der Waals surface area contributed by atoms with E-state index in [1.165, 1.54) is 5.56 Å². The van der Waals surface area contributed by atoms with E-state index in [1.54, 1.807) is 6.08 Å². The zero-order valence-electron chi connectivity index (χ0n) is 12.4. The van der Waals surface area contributed by atoms with Gasteiger partial charge in [-0.2, -0.15) is 0 Å². The van der Waals surface area contributed by atoms with E-state index in [-0.39, 0.29) is 11.8 Å². The van der Waals surface area contributed by atoms with Crippen LogP contribution in [0.2, 0.25) is 0 Å². The molecule has 1 aliphatic rings. The highest BCUT2D eigenvalue weighted by molar-refractivity contribution is 5.88. The molecule has 0 spiro atoms. The minimum Gasteiger partial charge on any atom is -0.297 e. The minimum atomic E-state index is 0.0967. The maximum absolute atomic E-state index is 11.2. The molecule has 2 heteroatoms. The van der Waals surface area contributed by atoms with Crippen LogP contribution in [0.3, 0.4) is 0 Å². The van der Waals surface area contributed by atoms with E-state index in [1.807, 2.05) is 44.2 Å². The summed E-state index contributed by atoms with van der Waals surface area (Å²) in [6.07, 6.45) is 5.55. The Kier molecular flexibility index (Phi) is 6.68. The molecule has 1 fully saturated rings. The van der Waals surface area contributed by atoms with Gasteiger partial charge in [-0.25, -0.2) is 0 Å². The molecule has 0 bridgehead atoms. The summed E-state index contributed by atoms with van der Waals surface area (Å²) in [5.74, 6) is 0.290. The van der Waals surface area contributed by atoms with Crippen molar-refractivity contribution in [2.45, 2.75) is 19.9 Å². The maximum atomic E-state index is 11.2. The molecular formula is C18H23NO. The number of rotatable bonds is 5. The fraction of sp³-hybridized carbons (Fsp3) is 0.278. The molecule has 2 rings (SSSR count). The molecule has 1 heterocycles. The minimum absolute atomic E-state index is 0.0967. The molecule has 0 saturated carbocycles. The zero-order chi connectivity index (χ0) is 15.0. The third-order valence-corrected chi connectivity index (χ3v) is 3.10. The number of ketones is 1. The lowest BCUT2D eigenvalue weighted by atomic mass is 9.93. The van der Waals surface area contributed by atoms with E-state index in [0.717, 1.165) is 5.57 Å². The smallest absolute Gasteiger partial charge is 0.160 e. The van der Waals surface area contributed by atoms with Crippen LogP contribution in [-0.4, -0.2) is 23.8 Å². The van der Waals surface area contributed by atoms with Crippen molar-refractivity contribution in [3.8, 4) is 0 Å². The number of hydrogen-bond donors (Lipinski definition) is 0. The number of hydrogen-bond acceptors (Lipinski definition) is 2. The van der Waals surface area contributed by atoms with Gasteiger partial charge in [0.05, 0.1) is 19.1 Å². The van der Waals surface area contributed by atoms with Gasteiger partial charge < -0.3 is 0 Å². The molecule has 20 heavy (non-hydrogen) atoms. The SMILES string of the molecule is C=C/C=C(\C=C)C(c1ccccc1)N1CC(=O)C1.CC. The van der Waals surface area contributed by atoms with Gasteiger partial charge in [-0.05, 0) is 11.1 Å². The molecule has 0 radical (unpaired) electrons. The summed E-state index contributed by atoms with van der Waals surface area (Å²) >= 11 is 0. The topological polar surface area (TPSA) is 20.3 Å². The van der Waals surface area contributed by atoms with Crippen LogP contribution in [0.4, 0.5) is 0 Å². The molecule has 2 nitrogen and oxygen atoms in total. The first kappa shape index (κ1) is 16.1. The van der Waals surface area contributed by atoms with Crippen LogP contribution in [0.5, 0.6) is 0 Å². The fourth-order valence-electron chi connectivity index (χ4n) is 2.25. The van der Waals surface area contributed by atoms with E-state index < -0.39 is 0 Å². The summed E-state index contributed by atoms with van der Waals surface area (Å²) in [6.45, 7) is 12.6. The van der Waals surface area contributed by atoms with Crippen LogP contribution in [0.25, 0.3) is 0 Å². The van der Waals surface area contributed by atoms with Crippen molar-refractivity contribution >= 4 is 5.78 Å². The van der Waals surface area contributed by atoms with Crippen LogP contribution >= 0.6 is 0 Å². The number of benzene rings is 1. The second kappa shape index (κ2) is 8.28. The summed E-state index contributed by atoms with van der Waals surface area (Å²) < 4.78 is 0. The number of Topliss-reactive ketones (excluding diaryl/α,β-unsaturated/α-hetero) is 1. The van der Waals surface area contributed by atoms with E-state index >= 15 is 0 Å². The Labute approximate surface area is 122 Å². The molecule has 1 atom stereocenters. The highest BCUT2D eigenvalue weighted by Gasteiger charge is 2.32. The van der Waals surface area contributed by atoms with E-state index in [9.17, 15) is 4.79 Å². The lowest BCUT2D eigenvalue weighted by Crippen LogP contribution is -2.49. The summed E-state index contributed by atoms with van der Waals surface area (Å²) in [4.78, 5) is 13.4. The number of allylic oxidation sites excluding steroid dienone is 2. The quantitative estimate of drug-likeness (QED) is 0.755. The highest BCUT2D eigenvalue weighted by Crippen LogP contribution is 2.31. The van der Waals surface area contributed by atoms with Crippen molar-refractivity contribution in [1.82, 2.24) is 4.90 Å². The highest BCUT2D eigenvalue weighted by atomic mass is 16.1. The van der Waals surface area contributed by atoms with Gasteiger partial charge in [-0.3, -0.25) is 9.69 Å². The Morgan fingerprint density at radius 2 is 1.80 bits per heavy atom. The van der Waals surface area contributed by atoms with Gasteiger partial charge in [-0.1, -0.05) is 75.6 Å². The predicted octanol–water partition coefficient (Wildman–Crippen LogP) is 3.94. The molecule has 1 unspecified atom stereocenters. The predicted molar refractivity (Wildman–Crippen MR) is 85.6 cm³/mol. The van der Waals surface area contributed by atoms with E-state index in [0.29, 0.717) is 13.1 Å². The molecule has 1 saturated heterocycles. The van der Waals surface area contributed by atoms with E-state index in [4.69, 9.17) is 0 Å². The third kappa shape index (κ3) is 3.78. The maximum Gasteiger partial charge on any atom is 0.160 e. The van der Waals surface area contributed by atoms with Crippen LogP contribution in [0.15, 0.2) is 67.3 Å². The van der Waals surface area contributed by atoms with Crippen LogP contribution in [-0.2, 0) is 4.79 Å². The molecule has 0 amide bonds. The summed E-state index contributed by atoms with van der Waals surface area (Å²) in [6, 6.07) is 10.3. The zero-order valence-corrected chi connectivity index (χ0v) is 12.4.